The second kappa shape index (κ2) is 8.10. The second-order valence-corrected chi connectivity index (χ2v) is 9.44. The van der Waals surface area contributed by atoms with Gasteiger partial charge in [-0.2, -0.15) is 0 Å². The molecule has 0 unspecified atom stereocenters. The number of methoxy groups -OCH3 is 1. The minimum atomic E-state index is -0.648. The van der Waals surface area contributed by atoms with Crippen LogP contribution in [0.2, 0.25) is 5.02 Å². The number of ether oxygens (including phenoxy) is 1. The number of anilines is 1. The minimum absolute atomic E-state index is 0.0105. The number of hydrogen-bond donors (Lipinski definition) is 1. The Morgan fingerprint density at radius 2 is 2.00 bits per heavy atom. The number of aromatic nitrogens is 1. The Balaban J connectivity index is 2.07. The van der Waals surface area contributed by atoms with Crippen molar-refractivity contribution in [1.82, 2.24) is 4.98 Å². The molecule has 1 aromatic heterocycles. The molecule has 6 nitrogen and oxygen atoms in total. The van der Waals surface area contributed by atoms with Crippen molar-refractivity contribution in [2.24, 2.45) is 11.1 Å². The lowest BCUT2D eigenvalue weighted by Crippen LogP contribution is -2.44. The molecule has 2 N–H and O–H groups in total. The van der Waals surface area contributed by atoms with Crippen LogP contribution in [0.25, 0.3) is 0 Å². The third-order valence-corrected chi connectivity index (χ3v) is 6.57. The smallest absolute Gasteiger partial charge is 0.338 e. The van der Waals surface area contributed by atoms with E-state index in [-0.39, 0.29) is 22.6 Å². The van der Waals surface area contributed by atoms with E-state index in [1.165, 1.54) is 7.11 Å². The standard InChI is InChI=1S/C25H26ClN3O3/c1-14-16(26)8-5-9-17(14)29-18-11-25(2,3)12-19(30)21(18)20(15-7-6-10-28-13-15)22(23(29)27)24(31)32-4/h5-10,13,20H,11-12,27H2,1-4H3/t20-/m0/s1. The third-order valence-electron chi connectivity index (χ3n) is 6.16. The molecule has 0 fully saturated rings. The van der Waals surface area contributed by atoms with Gasteiger partial charge >= 0.3 is 5.97 Å². The highest BCUT2D eigenvalue weighted by molar-refractivity contribution is 6.31. The first-order chi connectivity index (χ1) is 15.2. The predicted molar refractivity (Wildman–Crippen MR) is 124 cm³/mol. The molecule has 1 aliphatic heterocycles. The number of carbonyl (C=O) groups is 2. The fraction of sp³-hybridized carbons (Fsp3) is 0.320. The van der Waals surface area contributed by atoms with E-state index in [1.807, 2.05) is 30.0 Å². The molecule has 2 heterocycles. The summed E-state index contributed by atoms with van der Waals surface area (Å²) in [5.41, 5.74) is 10.3. The average Bonchev–Trinajstić information content (AvgIpc) is 2.75. The van der Waals surface area contributed by atoms with Gasteiger partial charge in [-0.1, -0.05) is 37.6 Å². The number of ketones is 1. The molecule has 0 spiro atoms. The van der Waals surface area contributed by atoms with Crippen LogP contribution in [0.1, 0.15) is 43.7 Å². The maximum absolute atomic E-state index is 13.6. The second-order valence-electron chi connectivity index (χ2n) is 9.03. The lowest BCUT2D eigenvalue weighted by Gasteiger charge is -2.44. The van der Waals surface area contributed by atoms with E-state index in [9.17, 15) is 9.59 Å². The summed E-state index contributed by atoms with van der Waals surface area (Å²) in [4.78, 5) is 32.6. The van der Waals surface area contributed by atoms with Gasteiger partial charge in [0, 0.05) is 35.1 Å². The molecule has 166 valence electrons. The van der Waals surface area contributed by atoms with Gasteiger partial charge in [0.05, 0.1) is 24.3 Å². The monoisotopic (exact) mass is 451 g/mol. The van der Waals surface area contributed by atoms with E-state index in [2.05, 4.69) is 18.8 Å². The quantitative estimate of drug-likeness (QED) is 0.684. The Labute approximate surface area is 192 Å². The van der Waals surface area contributed by atoms with E-state index in [0.29, 0.717) is 23.4 Å². The zero-order valence-corrected chi connectivity index (χ0v) is 19.4. The number of nitrogens with two attached hydrogens (primary N) is 1. The molecule has 1 aromatic carbocycles. The van der Waals surface area contributed by atoms with E-state index < -0.39 is 11.9 Å². The van der Waals surface area contributed by atoms with Crippen molar-refractivity contribution in [3.8, 4) is 0 Å². The van der Waals surface area contributed by atoms with Gasteiger partial charge in [0.1, 0.15) is 5.82 Å². The van der Waals surface area contributed by atoms with Crippen LogP contribution in [0, 0.1) is 12.3 Å². The Morgan fingerprint density at radius 3 is 2.66 bits per heavy atom. The predicted octanol–water partition coefficient (Wildman–Crippen LogP) is 4.63. The number of allylic oxidation sites excluding steroid dienone is 2. The van der Waals surface area contributed by atoms with Crippen molar-refractivity contribution < 1.29 is 14.3 Å². The minimum Gasteiger partial charge on any atom is -0.466 e. The summed E-state index contributed by atoms with van der Waals surface area (Å²) in [7, 11) is 1.31. The SMILES string of the molecule is COC(=O)C1=C(N)N(c2cccc(Cl)c2C)C2=C(C(=O)CC(C)(C)C2)[C@@H]1c1cccnc1. The topological polar surface area (TPSA) is 85.5 Å². The molecule has 0 bridgehead atoms. The molecule has 2 aromatic rings. The first kappa shape index (κ1) is 22.1. The number of carbonyl (C=O) groups excluding carboxylic acids is 2. The van der Waals surface area contributed by atoms with E-state index in [4.69, 9.17) is 22.1 Å². The number of Topliss-reactive ketones (excluding diaryl/α,β-unsaturated/α-hetero) is 1. The molecule has 2 aliphatic rings. The van der Waals surface area contributed by atoms with Gasteiger partial charge in [-0.25, -0.2) is 4.79 Å². The zero-order chi connectivity index (χ0) is 23.2. The van der Waals surface area contributed by atoms with E-state index in [0.717, 1.165) is 22.5 Å². The van der Waals surface area contributed by atoms with Crippen molar-refractivity contribution in [3.05, 3.63) is 81.5 Å². The highest BCUT2D eigenvalue weighted by Crippen LogP contribution is 2.51. The molecular weight excluding hydrogens is 426 g/mol. The third kappa shape index (κ3) is 3.58. The summed E-state index contributed by atoms with van der Waals surface area (Å²) in [6.45, 7) is 6.02. The van der Waals surface area contributed by atoms with Crippen LogP contribution in [0.3, 0.4) is 0 Å². The average molecular weight is 452 g/mol. The van der Waals surface area contributed by atoms with Gasteiger partial charge in [0.2, 0.25) is 0 Å². The largest absolute Gasteiger partial charge is 0.466 e. The summed E-state index contributed by atoms with van der Waals surface area (Å²) in [5, 5.41) is 0.577. The van der Waals surface area contributed by atoms with Crippen molar-refractivity contribution >= 4 is 29.0 Å². The molecule has 1 aliphatic carbocycles. The molecule has 0 saturated heterocycles. The maximum atomic E-state index is 13.6. The number of nitrogens with zero attached hydrogens (tertiary/aromatic N) is 2. The van der Waals surface area contributed by atoms with Crippen molar-refractivity contribution in [2.45, 2.75) is 39.5 Å². The number of hydrogen-bond acceptors (Lipinski definition) is 6. The Hall–Kier alpha value is -3.12. The maximum Gasteiger partial charge on any atom is 0.338 e. The normalized spacial score (nSPS) is 20.3. The summed E-state index contributed by atoms with van der Waals surface area (Å²) in [6.07, 6.45) is 4.31. The van der Waals surface area contributed by atoms with Crippen LogP contribution in [0.4, 0.5) is 5.69 Å². The summed E-state index contributed by atoms with van der Waals surface area (Å²) < 4.78 is 5.12. The highest BCUT2D eigenvalue weighted by Gasteiger charge is 2.46. The molecular formula is C25H26ClN3O3. The van der Waals surface area contributed by atoms with Gasteiger partial charge in [-0.3, -0.25) is 14.7 Å². The summed E-state index contributed by atoms with van der Waals surface area (Å²) in [5.74, 6) is -1.00. The lowest BCUT2D eigenvalue weighted by atomic mass is 9.68. The summed E-state index contributed by atoms with van der Waals surface area (Å²) >= 11 is 6.42. The van der Waals surface area contributed by atoms with E-state index in [1.54, 1.807) is 24.5 Å². The van der Waals surface area contributed by atoms with Crippen LogP contribution >= 0.6 is 11.6 Å². The van der Waals surface area contributed by atoms with Crippen molar-refractivity contribution in [3.63, 3.8) is 0 Å². The molecule has 1 atom stereocenters. The van der Waals surface area contributed by atoms with Crippen LogP contribution in [0.5, 0.6) is 0 Å². The van der Waals surface area contributed by atoms with Crippen LogP contribution in [0.15, 0.2) is 65.4 Å². The number of benzene rings is 1. The van der Waals surface area contributed by atoms with Gasteiger partial charge in [-0.05, 0) is 48.1 Å². The molecule has 0 amide bonds. The molecule has 0 saturated carbocycles. The Bertz CT molecular complexity index is 1170. The Kier molecular flexibility index (Phi) is 5.59. The molecule has 4 rings (SSSR count). The van der Waals surface area contributed by atoms with Crippen molar-refractivity contribution in [2.75, 3.05) is 12.0 Å². The molecule has 7 heteroatoms. The highest BCUT2D eigenvalue weighted by atomic mass is 35.5. The van der Waals surface area contributed by atoms with Crippen LogP contribution in [-0.2, 0) is 14.3 Å². The number of pyridine rings is 1. The van der Waals surface area contributed by atoms with E-state index >= 15 is 0 Å². The first-order valence-electron chi connectivity index (χ1n) is 10.5. The fourth-order valence-corrected chi connectivity index (χ4v) is 4.88. The van der Waals surface area contributed by atoms with Gasteiger partial charge in [0.15, 0.2) is 5.78 Å². The number of esters is 1. The molecule has 0 radical (unpaired) electrons. The van der Waals surface area contributed by atoms with Gasteiger partial charge in [0.25, 0.3) is 0 Å². The van der Waals surface area contributed by atoms with Gasteiger partial charge < -0.3 is 10.5 Å². The fourth-order valence-electron chi connectivity index (χ4n) is 4.71. The van der Waals surface area contributed by atoms with Crippen LogP contribution < -0.4 is 10.6 Å². The zero-order valence-electron chi connectivity index (χ0n) is 18.6. The lowest BCUT2D eigenvalue weighted by molar-refractivity contribution is -0.136. The molecule has 32 heavy (non-hydrogen) atoms. The number of halogens is 1. The first-order valence-corrected chi connectivity index (χ1v) is 10.8. The summed E-state index contributed by atoms with van der Waals surface area (Å²) in [6, 6.07) is 9.16. The van der Waals surface area contributed by atoms with Crippen molar-refractivity contribution in [1.29, 1.82) is 0 Å². The Morgan fingerprint density at radius 1 is 1.25 bits per heavy atom. The number of rotatable bonds is 3. The van der Waals surface area contributed by atoms with Gasteiger partial charge in [-0.15, -0.1) is 0 Å². The van der Waals surface area contributed by atoms with Crippen LogP contribution in [-0.4, -0.2) is 23.8 Å².